The Labute approximate surface area is 127 Å². The van der Waals surface area contributed by atoms with E-state index in [9.17, 15) is 0 Å². The van der Waals surface area contributed by atoms with E-state index in [1.807, 2.05) is 11.3 Å². The molecule has 1 N–H and O–H groups in total. The molecule has 1 fully saturated rings. The average Bonchev–Trinajstić information content (AvgIpc) is 2.93. The van der Waals surface area contributed by atoms with Crippen molar-refractivity contribution in [1.29, 1.82) is 0 Å². The number of likely N-dealkylation sites (N-methyl/N-ethyl adjacent to an activating group) is 1. The summed E-state index contributed by atoms with van der Waals surface area (Å²) >= 11 is 1.87. The first kappa shape index (κ1) is 16.0. The van der Waals surface area contributed by atoms with E-state index >= 15 is 0 Å². The number of ether oxygens (including phenoxy) is 1. The maximum atomic E-state index is 6.30. The first-order valence-electron chi connectivity index (χ1n) is 8.04. The van der Waals surface area contributed by atoms with Crippen molar-refractivity contribution in [3.05, 3.63) is 22.4 Å². The van der Waals surface area contributed by atoms with Crippen molar-refractivity contribution in [3.8, 4) is 0 Å². The monoisotopic (exact) mass is 295 g/mol. The summed E-state index contributed by atoms with van der Waals surface area (Å²) in [6, 6.07) is 4.86. The second kappa shape index (κ2) is 7.58. The Hall–Kier alpha value is -0.380. The number of hydrogen-bond acceptors (Lipinski definition) is 3. The largest absolute Gasteiger partial charge is 0.374 e. The van der Waals surface area contributed by atoms with Crippen molar-refractivity contribution in [3.63, 3.8) is 0 Å². The molecule has 3 unspecified atom stereocenters. The third-order valence-electron chi connectivity index (χ3n) is 4.67. The lowest BCUT2D eigenvalue weighted by molar-refractivity contribution is -0.100. The van der Waals surface area contributed by atoms with Crippen LogP contribution < -0.4 is 5.32 Å². The van der Waals surface area contributed by atoms with Gasteiger partial charge in [-0.1, -0.05) is 25.8 Å². The average molecular weight is 295 g/mol. The third kappa shape index (κ3) is 3.84. The van der Waals surface area contributed by atoms with Gasteiger partial charge >= 0.3 is 0 Å². The van der Waals surface area contributed by atoms with E-state index in [-0.39, 0.29) is 5.60 Å². The van der Waals surface area contributed by atoms with Crippen LogP contribution in [-0.4, -0.2) is 25.3 Å². The highest BCUT2D eigenvalue weighted by atomic mass is 32.1. The molecule has 0 spiro atoms. The lowest BCUT2D eigenvalue weighted by Gasteiger charge is -2.45. The summed E-state index contributed by atoms with van der Waals surface area (Å²) in [6.07, 6.45) is 7.41. The van der Waals surface area contributed by atoms with Gasteiger partial charge in [-0.25, -0.2) is 0 Å². The quantitative estimate of drug-likeness (QED) is 0.812. The lowest BCUT2D eigenvalue weighted by atomic mass is 9.73. The normalized spacial score (nSPS) is 28.4. The number of aryl methyl sites for hydroxylation is 1. The molecular formula is C17H29NOS. The van der Waals surface area contributed by atoms with Gasteiger partial charge in [0.05, 0.1) is 5.60 Å². The first-order valence-corrected chi connectivity index (χ1v) is 8.91. The molecule has 114 valence electrons. The summed E-state index contributed by atoms with van der Waals surface area (Å²) in [5, 5.41) is 5.73. The molecule has 0 saturated heterocycles. The van der Waals surface area contributed by atoms with Crippen LogP contribution in [0.25, 0.3) is 0 Å². The van der Waals surface area contributed by atoms with Crippen LogP contribution >= 0.6 is 11.3 Å². The molecule has 3 heteroatoms. The fraction of sp³-hybridized carbons (Fsp3) is 0.765. The minimum absolute atomic E-state index is 0.0540. The van der Waals surface area contributed by atoms with Crippen molar-refractivity contribution in [2.75, 3.05) is 13.7 Å². The molecule has 1 saturated carbocycles. The van der Waals surface area contributed by atoms with Crippen molar-refractivity contribution >= 4 is 11.3 Å². The number of hydrogen-bond donors (Lipinski definition) is 1. The van der Waals surface area contributed by atoms with E-state index in [2.05, 4.69) is 43.7 Å². The zero-order valence-corrected chi connectivity index (χ0v) is 14.0. The van der Waals surface area contributed by atoms with Crippen molar-refractivity contribution in [1.82, 2.24) is 5.32 Å². The Bertz CT molecular complexity index is 374. The third-order valence-corrected chi connectivity index (χ3v) is 5.60. The van der Waals surface area contributed by atoms with Crippen LogP contribution in [0.5, 0.6) is 0 Å². The molecule has 1 aliphatic rings. The molecule has 0 radical (unpaired) electrons. The van der Waals surface area contributed by atoms with Gasteiger partial charge in [0, 0.05) is 17.5 Å². The van der Waals surface area contributed by atoms with Crippen molar-refractivity contribution in [2.24, 2.45) is 5.92 Å². The highest BCUT2D eigenvalue weighted by molar-refractivity contribution is 7.09. The van der Waals surface area contributed by atoms with Gasteiger partial charge in [-0.05, 0) is 57.0 Å². The van der Waals surface area contributed by atoms with Crippen LogP contribution in [0.4, 0.5) is 0 Å². The van der Waals surface area contributed by atoms with Crippen molar-refractivity contribution < 1.29 is 4.74 Å². The molecule has 20 heavy (non-hydrogen) atoms. The molecule has 2 rings (SSSR count). The molecule has 0 amide bonds. The molecule has 1 aromatic heterocycles. The standard InChI is InChI=1S/C17H29NOS/c1-4-19-17(11-5-7-14(2)13-17)16(18-3)10-9-15-8-6-12-20-15/h6,8,12,14,16,18H,4-5,7,9-11,13H2,1-3H3. The molecule has 2 nitrogen and oxygen atoms in total. The van der Waals surface area contributed by atoms with Crippen LogP contribution in [0.2, 0.25) is 0 Å². The van der Waals surface area contributed by atoms with E-state index in [0.717, 1.165) is 18.9 Å². The van der Waals surface area contributed by atoms with Gasteiger partial charge in [0.15, 0.2) is 0 Å². The van der Waals surface area contributed by atoms with E-state index in [1.165, 1.54) is 37.0 Å². The summed E-state index contributed by atoms with van der Waals surface area (Å²) in [7, 11) is 2.10. The Kier molecular flexibility index (Phi) is 6.06. The van der Waals surface area contributed by atoms with Crippen LogP contribution in [-0.2, 0) is 11.2 Å². The maximum Gasteiger partial charge on any atom is 0.0837 e. The smallest absolute Gasteiger partial charge is 0.0837 e. The highest BCUT2D eigenvalue weighted by Crippen LogP contribution is 2.39. The first-order chi connectivity index (χ1) is 9.70. The zero-order valence-electron chi connectivity index (χ0n) is 13.2. The minimum atomic E-state index is 0.0540. The molecule has 1 heterocycles. The van der Waals surface area contributed by atoms with Crippen LogP contribution in [0.15, 0.2) is 17.5 Å². The van der Waals surface area contributed by atoms with Gasteiger partial charge in [-0.15, -0.1) is 11.3 Å². The topological polar surface area (TPSA) is 21.3 Å². The van der Waals surface area contributed by atoms with Gasteiger partial charge in [0.1, 0.15) is 0 Å². The Morgan fingerprint density at radius 1 is 1.55 bits per heavy atom. The van der Waals surface area contributed by atoms with Crippen LogP contribution in [0, 0.1) is 5.92 Å². The lowest BCUT2D eigenvalue weighted by Crippen LogP contribution is -2.54. The van der Waals surface area contributed by atoms with E-state index < -0.39 is 0 Å². The fourth-order valence-electron chi connectivity index (χ4n) is 3.79. The summed E-state index contributed by atoms with van der Waals surface area (Å²) in [5.41, 5.74) is 0.0540. The van der Waals surface area contributed by atoms with Crippen LogP contribution in [0.3, 0.4) is 0 Å². The van der Waals surface area contributed by atoms with Crippen molar-refractivity contribution in [2.45, 2.75) is 64.0 Å². The highest BCUT2D eigenvalue weighted by Gasteiger charge is 2.41. The number of nitrogens with one attached hydrogen (secondary N) is 1. The summed E-state index contributed by atoms with van der Waals surface area (Å²) in [4.78, 5) is 1.49. The van der Waals surface area contributed by atoms with Gasteiger partial charge in [-0.3, -0.25) is 0 Å². The predicted octanol–water partition coefficient (Wildman–Crippen LogP) is 4.25. The van der Waals surface area contributed by atoms with E-state index in [1.54, 1.807) is 0 Å². The zero-order chi connectivity index (χ0) is 14.4. The molecular weight excluding hydrogens is 266 g/mol. The second-order valence-electron chi connectivity index (χ2n) is 6.16. The molecule has 0 aromatic carbocycles. The van der Waals surface area contributed by atoms with Gasteiger partial charge in [0.25, 0.3) is 0 Å². The van der Waals surface area contributed by atoms with E-state index in [4.69, 9.17) is 4.74 Å². The number of thiophene rings is 1. The molecule has 3 atom stereocenters. The summed E-state index contributed by atoms with van der Waals surface area (Å²) in [5.74, 6) is 0.785. The van der Waals surface area contributed by atoms with Gasteiger partial charge in [0.2, 0.25) is 0 Å². The predicted molar refractivity (Wildman–Crippen MR) is 87.5 cm³/mol. The van der Waals surface area contributed by atoms with Crippen LogP contribution in [0.1, 0.15) is 50.8 Å². The minimum Gasteiger partial charge on any atom is -0.374 e. The van der Waals surface area contributed by atoms with Gasteiger partial charge < -0.3 is 10.1 Å². The SMILES string of the molecule is CCOC1(C(CCc2cccs2)NC)CCCC(C)C1. The molecule has 0 bridgehead atoms. The molecule has 1 aliphatic carbocycles. The Morgan fingerprint density at radius 2 is 2.40 bits per heavy atom. The number of rotatable bonds is 7. The fourth-order valence-corrected chi connectivity index (χ4v) is 4.52. The second-order valence-corrected chi connectivity index (χ2v) is 7.19. The maximum absolute atomic E-state index is 6.30. The Morgan fingerprint density at radius 3 is 3.00 bits per heavy atom. The molecule has 0 aliphatic heterocycles. The summed E-state index contributed by atoms with van der Waals surface area (Å²) < 4.78 is 6.30. The van der Waals surface area contributed by atoms with E-state index in [0.29, 0.717) is 6.04 Å². The molecule has 1 aromatic rings. The van der Waals surface area contributed by atoms with Gasteiger partial charge in [-0.2, -0.15) is 0 Å². The summed E-state index contributed by atoms with van der Waals surface area (Å²) in [6.45, 7) is 5.33. The Balaban J connectivity index is 2.04.